The minimum atomic E-state index is 0.558. The Bertz CT molecular complexity index is 490. The number of nitrogen functional groups attached to an aromatic ring is 1. The van der Waals surface area contributed by atoms with Crippen LogP contribution in [-0.4, -0.2) is 14.8 Å². The maximum absolute atomic E-state index is 5.54. The summed E-state index contributed by atoms with van der Waals surface area (Å²) in [5.74, 6) is 1.46. The molecule has 2 aromatic rings. The van der Waals surface area contributed by atoms with Gasteiger partial charge in [-0.25, -0.2) is 4.98 Å². The van der Waals surface area contributed by atoms with Crippen molar-refractivity contribution in [3.8, 4) is 0 Å². The maximum Gasteiger partial charge on any atom is 0.123 e. The van der Waals surface area contributed by atoms with Gasteiger partial charge in [-0.15, -0.1) is 11.8 Å². The molecule has 4 nitrogen and oxygen atoms in total. The van der Waals surface area contributed by atoms with Crippen LogP contribution in [0.1, 0.15) is 18.3 Å². The molecule has 0 aromatic carbocycles. The Kier molecular flexibility index (Phi) is 3.68. The van der Waals surface area contributed by atoms with Gasteiger partial charge in [-0.1, -0.05) is 6.92 Å². The van der Waals surface area contributed by atoms with Crippen LogP contribution in [0.2, 0.25) is 0 Å². The molecule has 0 aliphatic carbocycles. The molecule has 5 heteroatoms. The van der Waals surface area contributed by atoms with Gasteiger partial charge in [0.2, 0.25) is 0 Å². The first kappa shape index (κ1) is 12.0. The number of hydrogen-bond donors (Lipinski definition) is 1. The second-order valence-corrected chi connectivity index (χ2v) is 4.86. The molecule has 2 aromatic heterocycles. The number of nitrogens with two attached hydrogens (primary N) is 1. The zero-order valence-corrected chi connectivity index (χ0v) is 10.9. The molecule has 0 amide bonds. The molecule has 0 fully saturated rings. The summed E-state index contributed by atoms with van der Waals surface area (Å²) in [7, 11) is 1.98. The van der Waals surface area contributed by atoms with Crippen molar-refractivity contribution in [3.63, 3.8) is 0 Å². The molecule has 0 bridgehead atoms. The Morgan fingerprint density at radius 1 is 1.41 bits per heavy atom. The van der Waals surface area contributed by atoms with Crippen LogP contribution in [0.3, 0.4) is 0 Å². The van der Waals surface area contributed by atoms with Crippen molar-refractivity contribution >= 4 is 17.6 Å². The monoisotopic (exact) mass is 248 g/mol. The lowest BCUT2D eigenvalue weighted by atomic mass is 10.3. The predicted octanol–water partition coefficient (Wildman–Crippen LogP) is 2.25. The summed E-state index contributed by atoms with van der Waals surface area (Å²) in [6, 6.07) is 5.96. The van der Waals surface area contributed by atoms with E-state index in [0.29, 0.717) is 5.82 Å². The van der Waals surface area contributed by atoms with Crippen LogP contribution in [0.25, 0.3) is 0 Å². The first-order chi connectivity index (χ1) is 8.19. The Morgan fingerprint density at radius 3 is 2.82 bits per heavy atom. The third-order valence-corrected chi connectivity index (χ3v) is 3.55. The number of anilines is 1. The average molecular weight is 248 g/mol. The maximum atomic E-state index is 5.54. The highest BCUT2D eigenvalue weighted by Crippen LogP contribution is 2.22. The number of rotatable bonds is 4. The number of thioether (sulfide) groups is 1. The van der Waals surface area contributed by atoms with Crippen LogP contribution in [0.4, 0.5) is 5.82 Å². The standard InChI is InChI=1S/C12H16N4S/c1-3-9-6-10(16(2)15-9)8-17-11-4-5-12(13)14-7-11/h4-7H,3,8H2,1-2H3,(H2,13,14). The van der Waals surface area contributed by atoms with Crippen LogP contribution in [-0.2, 0) is 19.2 Å². The average Bonchev–Trinajstić information content (AvgIpc) is 2.69. The number of hydrogen-bond acceptors (Lipinski definition) is 4. The van der Waals surface area contributed by atoms with Crippen molar-refractivity contribution < 1.29 is 0 Å². The van der Waals surface area contributed by atoms with Crippen molar-refractivity contribution in [2.24, 2.45) is 7.05 Å². The summed E-state index contributed by atoms with van der Waals surface area (Å²) in [6.07, 6.45) is 2.78. The minimum Gasteiger partial charge on any atom is -0.384 e. The van der Waals surface area contributed by atoms with E-state index < -0.39 is 0 Å². The fraction of sp³-hybridized carbons (Fsp3) is 0.333. The summed E-state index contributed by atoms with van der Waals surface area (Å²) < 4.78 is 1.94. The first-order valence-corrected chi connectivity index (χ1v) is 6.53. The van der Waals surface area contributed by atoms with E-state index in [9.17, 15) is 0 Å². The molecule has 0 radical (unpaired) electrons. The largest absolute Gasteiger partial charge is 0.384 e. The zero-order valence-electron chi connectivity index (χ0n) is 10.1. The molecule has 2 N–H and O–H groups in total. The first-order valence-electron chi connectivity index (χ1n) is 5.55. The highest BCUT2D eigenvalue weighted by atomic mass is 32.2. The lowest BCUT2D eigenvalue weighted by Crippen LogP contribution is -1.96. The van der Waals surface area contributed by atoms with Crippen LogP contribution < -0.4 is 5.73 Å². The Labute approximate surface area is 105 Å². The van der Waals surface area contributed by atoms with E-state index in [1.165, 1.54) is 5.69 Å². The summed E-state index contributed by atoms with van der Waals surface area (Å²) in [6.45, 7) is 2.11. The van der Waals surface area contributed by atoms with Crippen LogP contribution in [0.15, 0.2) is 29.3 Å². The lowest BCUT2D eigenvalue weighted by Gasteiger charge is -2.02. The topological polar surface area (TPSA) is 56.7 Å². The molecule has 0 saturated carbocycles. The van der Waals surface area contributed by atoms with Crippen molar-refractivity contribution in [2.75, 3.05) is 5.73 Å². The number of aromatic nitrogens is 3. The summed E-state index contributed by atoms with van der Waals surface area (Å²) in [5, 5.41) is 4.42. The van der Waals surface area contributed by atoms with Gasteiger partial charge in [0.1, 0.15) is 5.82 Å². The molecule has 2 rings (SSSR count). The molecule has 0 spiro atoms. The van der Waals surface area contributed by atoms with Gasteiger partial charge in [-0.3, -0.25) is 4.68 Å². The van der Waals surface area contributed by atoms with E-state index in [2.05, 4.69) is 23.1 Å². The number of nitrogens with zero attached hydrogens (tertiary/aromatic N) is 3. The minimum absolute atomic E-state index is 0.558. The van der Waals surface area contributed by atoms with Crippen molar-refractivity contribution in [2.45, 2.75) is 24.0 Å². The van der Waals surface area contributed by atoms with Crippen molar-refractivity contribution in [3.05, 3.63) is 35.8 Å². The molecule has 0 aliphatic heterocycles. The fourth-order valence-electron chi connectivity index (χ4n) is 1.51. The van der Waals surface area contributed by atoms with Crippen molar-refractivity contribution in [1.29, 1.82) is 0 Å². The van der Waals surface area contributed by atoms with E-state index in [-0.39, 0.29) is 0 Å². The SMILES string of the molecule is CCc1cc(CSc2ccc(N)nc2)n(C)n1. The quantitative estimate of drug-likeness (QED) is 0.843. The number of pyridine rings is 1. The van der Waals surface area contributed by atoms with Gasteiger partial charge in [0.05, 0.1) is 5.69 Å². The predicted molar refractivity (Wildman–Crippen MR) is 70.8 cm³/mol. The molecule has 17 heavy (non-hydrogen) atoms. The van der Waals surface area contributed by atoms with E-state index in [4.69, 9.17) is 5.73 Å². The molecule has 0 aliphatic rings. The lowest BCUT2D eigenvalue weighted by molar-refractivity contribution is 0.720. The smallest absolute Gasteiger partial charge is 0.123 e. The Hall–Kier alpha value is -1.49. The highest BCUT2D eigenvalue weighted by Gasteiger charge is 2.04. The van der Waals surface area contributed by atoms with E-state index in [0.717, 1.165) is 22.8 Å². The van der Waals surface area contributed by atoms with Gasteiger partial charge < -0.3 is 5.73 Å². The summed E-state index contributed by atoms with van der Waals surface area (Å²) in [5.41, 5.74) is 7.91. The Morgan fingerprint density at radius 2 is 2.24 bits per heavy atom. The third kappa shape index (κ3) is 3.00. The molecular formula is C12H16N4S. The molecule has 2 heterocycles. The van der Waals surface area contributed by atoms with Gasteiger partial charge in [0.15, 0.2) is 0 Å². The van der Waals surface area contributed by atoms with Crippen LogP contribution in [0.5, 0.6) is 0 Å². The van der Waals surface area contributed by atoms with Gasteiger partial charge in [-0.05, 0) is 24.6 Å². The van der Waals surface area contributed by atoms with Gasteiger partial charge in [0, 0.05) is 29.6 Å². The highest BCUT2D eigenvalue weighted by molar-refractivity contribution is 7.98. The summed E-state index contributed by atoms with van der Waals surface area (Å²) >= 11 is 1.74. The third-order valence-electron chi connectivity index (χ3n) is 2.54. The fourth-order valence-corrected chi connectivity index (χ4v) is 2.39. The molecule has 0 saturated heterocycles. The molecule has 0 unspecified atom stereocenters. The second-order valence-electron chi connectivity index (χ2n) is 3.81. The zero-order chi connectivity index (χ0) is 12.3. The molecule has 90 valence electrons. The van der Waals surface area contributed by atoms with Crippen LogP contribution in [0, 0.1) is 0 Å². The second kappa shape index (κ2) is 5.23. The van der Waals surface area contributed by atoms with Crippen molar-refractivity contribution in [1.82, 2.24) is 14.8 Å². The van der Waals surface area contributed by atoms with Gasteiger partial charge in [-0.2, -0.15) is 5.10 Å². The normalized spacial score (nSPS) is 10.7. The number of aryl methyl sites for hydroxylation is 2. The summed E-state index contributed by atoms with van der Waals surface area (Å²) in [4.78, 5) is 5.19. The van der Waals surface area contributed by atoms with Gasteiger partial charge >= 0.3 is 0 Å². The van der Waals surface area contributed by atoms with E-state index in [1.807, 2.05) is 23.9 Å². The Balaban J connectivity index is 2.01. The molecule has 0 atom stereocenters. The van der Waals surface area contributed by atoms with Crippen LogP contribution >= 0.6 is 11.8 Å². The van der Waals surface area contributed by atoms with Gasteiger partial charge in [0.25, 0.3) is 0 Å². The molecular weight excluding hydrogens is 232 g/mol. The van der Waals surface area contributed by atoms with E-state index >= 15 is 0 Å². The van der Waals surface area contributed by atoms with E-state index in [1.54, 1.807) is 18.0 Å².